The first-order valence-electron chi connectivity index (χ1n) is 7.00. The minimum atomic E-state index is -4.22. The molecule has 2 aromatic rings. The quantitative estimate of drug-likeness (QED) is 0.848. The molecule has 0 radical (unpaired) electrons. The average Bonchev–Trinajstić information content (AvgIpc) is 2.38. The fourth-order valence-electron chi connectivity index (χ4n) is 2.72. The molecule has 0 aliphatic carbocycles. The van der Waals surface area contributed by atoms with Crippen molar-refractivity contribution in [2.45, 2.75) is 44.4 Å². The van der Waals surface area contributed by atoms with Gasteiger partial charge in [0.15, 0.2) is 0 Å². The molecule has 0 fully saturated rings. The highest BCUT2D eigenvalue weighted by molar-refractivity contribution is 7.86. The predicted molar refractivity (Wildman–Crippen MR) is 81.8 cm³/mol. The Labute approximate surface area is 120 Å². The normalized spacial score (nSPS) is 11.9. The Bertz CT molecular complexity index is 718. The fourth-order valence-corrected chi connectivity index (χ4v) is 3.73. The average molecular weight is 292 g/mol. The van der Waals surface area contributed by atoms with Crippen LogP contribution in [-0.4, -0.2) is 13.0 Å². The van der Waals surface area contributed by atoms with Gasteiger partial charge >= 0.3 is 0 Å². The van der Waals surface area contributed by atoms with Crippen molar-refractivity contribution in [3.05, 3.63) is 41.5 Å². The van der Waals surface area contributed by atoms with Crippen LogP contribution in [0.3, 0.4) is 0 Å². The molecule has 0 amide bonds. The van der Waals surface area contributed by atoms with Crippen molar-refractivity contribution in [2.75, 3.05) is 0 Å². The summed E-state index contributed by atoms with van der Waals surface area (Å²) in [7, 11) is -4.22. The van der Waals surface area contributed by atoms with E-state index in [1.54, 1.807) is 12.1 Å². The molecular weight excluding hydrogens is 272 g/mol. The number of hydrogen-bond donors (Lipinski definition) is 1. The van der Waals surface area contributed by atoms with Crippen LogP contribution >= 0.6 is 0 Å². The van der Waals surface area contributed by atoms with Crippen LogP contribution in [0.1, 0.15) is 37.8 Å². The first-order chi connectivity index (χ1) is 9.49. The minimum Gasteiger partial charge on any atom is -0.282 e. The predicted octanol–water partition coefficient (Wildman–Crippen LogP) is 3.99. The van der Waals surface area contributed by atoms with Gasteiger partial charge in [-0.15, -0.1) is 0 Å². The molecule has 0 heterocycles. The Morgan fingerprint density at radius 3 is 2.30 bits per heavy atom. The van der Waals surface area contributed by atoms with Crippen LogP contribution in [0.25, 0.3) is 10.8 Å². The van der Waals surface area contributed by atoms with Crippen LogP contribution in [0, 0.1) is 0 Å². The van der Waals surface area contributed by atoms with E-state index in [0.29, 0.717) is 11.8 Å². The Kier molecular flexibility index (Phi) is 4.45. The van der Waals surface area contributed by atoms with Crippen molar-refractivity contribution >= 4 is 20.9 Å². The zero-order valence-corrected chi connectivity index (χ0v) is 12.7. The lowest BCUT2D eigenvalue weighted by atomic mass is 9.95. The Balaban J connectivity index is 2.89. The molecule has 0 spiro atoms. The van der Waals surface area contributed by atoms with Gasteiger partial charge in [0.05, 0.1) is 0 Å². The maximum atomic E-state index is 11.9. The van der Waals surface area contributed by atoms with E-state index in [9.17, 15) is 13.0 Å². The molecule has 20 heavy (non-hydrogen) atoms. The second-order valence-electron chi connectivity index (χ2n) is 5.04. The van der Waals surface area contributed by atoms with Crippen molar-refractivity contribution in [2.24, 2.45) is 0 Å². The molecule has 0 aliphatic heterocycles. The van der Waals surface area contributed by atoms with Crippen molar-refractivity contribution < 1.29 is 13.0 Å². The summed E-state index contributed by atoms with van der Waals surface area (Å²) in [5.74, 6) is 0. The minimum absolute atomic E-state index is 0.0981. The zero-order valence-electron chi connectivity index (χ0n) is 11.9. The molecular formula is C16H20O3S. The van der Waals surface area contributed by atoms with Crippen LogP contribution in [0.2, 0.25) is 0 Å². The van der Waals surface area contributed by atoms with Crippen LogP contribution in [0.4, 0.5) is 0 Å². The highest BCUT2D eigenvalue weighted by atomic mass is 32.2. The van der Waals surface area contributed by atoms with Crippen LogP contribution in [0.15, 0.2) is 35.2 Å². The lowest BCUT2D eigenvalue weighted by Crippen LogP contribution is -2.08. The monoisotopic (exact) mass is 292 g/mol. The Morgan fingerprint density at radius 2 is 1.70 bits per heavy atom. The third kappa shape index (κ3) is 2.86. The molecule has 4 heteroatoms. The first-order valence-corrected chi connectivity index (χ1v) is 8.44. The standard InChI is InChI=1S/C16H20O3S/c1-3-7-12-11-13-9-5-6-10-15(13)16(20(17,18)19)14(12)8-4-2/h5-6,9-11H,3-4,7-8H2,1-2H3,(H,17,18,19). The molecule has 2 aromatic carbocycles. The molecule has 0 saturated carbocycles. The number of fused-ring (bicyclic) bond motifs is 1. The van der Waals surface area contributed by atoms with Crippen LogP contribution in [-0.2, 0) is 23.0 Å². The van der Waals surface area contributed by atoms with E-state index in [0.717, 1.165) is 35.8 Å². The number of rotatable bonds is 5. The molecule has 0 bridgehead atoms. The molecule has 2 rings (SSSR count). The van der Waals surface area contributed by atoms with Gasteiger partial charge in [0.25, 0.3) is 10.1 Å². The smallest absolute Gasteiger partial charge is 0.282 e. The van der Waals surface area contributed by atoms with Gasteiger partial charge in [0.1, 0.15) is 4.90 Å². The Hall–Kier alpha value is -1.39. The molecule has 0 saturated heterocycles. The maximum Gasteiger partial charge on any atom is 0.295 e. The molecule has 1 N–H and O–H groups in total. The third-order valence-corrected chi connectivity index (χ3v) is 4.46. The molecule has 0 aromatic heterocycles. The van der Waals surface area contributed by atoms with Gasteiger partial charge in [-0.2, -0.15) is 8.42 Å². The van der Waals surface area contributed by atoms with E-state index in [2.05, 4.69) is 13.0 Å². The van der Waals surface area contributed by atoms with Gasteiger partial charge in [-0.25, -0.2) is 0 Å². The topological polar surface area (TPSA) is 54.4 Å². The van der Waals surface area contributed by atoms with E-state index < -0.39 is 10.1 Å². The van der Waals surface area contributed by atoms with Crippen LogP contribution < -0.4 is 0 Å². The van der Waals surface area contributed by atoms with E-state index in [1.807, 2.05) is 19.1 Å². The highest BCUT2D eigenvalue weighted by Crippen LogP contribution is 2.31. The largest absolute Gasteiger partial charge is 0.295 e. The summed E-state index contributed by atoms with van der Waals surface area (Å²) in [6.07, 6.45) is 3.27. The summed E-state index contributed by atoms with van der Waals surface area (Å²) in [6, 6.07) is 9.38. The van der Waals surface area contributed by atoms with Crippen molar-refractivity contribution in [1.82, 2.24) is 0 Å². The van der Waals surface area contributed by atoms with E-state index in [-0.39, 0.29) is 4.90 Å². The number of hydrogen-bond acceptors (Lipinski definition) is 2. The van der Waals surface area contributed by atoms with Gasteiger partial charge in [0, 0.05) is 5.39 Å². The zero-order chi connectivity index (χ0) is 14.8. The second-order valence-corrected chi connectivity index (χ2v) is 6.40. The molecule has 0 aliphatic rings. The molecule has 0 unspecified atom stereocenters. The third-order valence-electron chi connectivity index (χ3n) is 3.47. The first kappa shape index (κ1) is 15.0. The summed E-state index contributed by atoms with van der Waals surface area (Å²) >= 11 is 0. The number of benzene rings is 2. The van der Waals surface area contributed by atoms with Gasteiger partial charge in [-0.1, -0.05) is 57.0 Å². The van der Waals surface area contributed by atoms with Crippen molar-refractivity contribution in [1.29, 1.82) is 0 Å². The lowest BCUT2D eigenvalue weighted by Gasteiger charge is -2.15. The van der Waals surface area contributed by atoms with Gasteiger partial charge in [-0.05, 0) is 29.4 Å². The van der Waals surface area contributed by atoms with E-state index >= 15 is 0 Å². The van der Waals surface area contributed by atoms with Gasteiger partial charge < -0.3 is 0 Å². The van der Waals surface area contributed by atoms with Gasteiger partial charge in [-0.3, -0.25) is 4.55 Å². The summed E-state index contributed by atoms with van der Waals surface area (Å²) in [6.45, 7) is 4.08. The SMILES string of the molecule is CCCc1cc2ccccc2c(S(=O)(=O)O)c1CCC. The van der Waals surface area contributed by atoms with Crippen molar-refractivity contribution in [3.63, 3.8) is 0 Å². The second kappa shape index (κ2) is 5.94. The number of aryl methyl sites for hydroxylation is 1. The molecule has 3 nitrogen and oxygen atoms in total. The maximum absolute atomic E-state index is 11.9. The highest BCUT2D eigenvalue weighted by Gasteiger charge is 2.21. The lowest BCUT2D eigenvalue weighted by molar-refractivity contribution is 0.483. The van der Waals surface area contributed by atoms with Crippen molar-refractivity contribution in [3.8, 4) is 0 Å². The summed E-state index contributed by atoms with van der Waals surface area (Å²) in [5.41, 5.74) is 1.80. The fraction of sp³-hybridized carbons (Fsp3) is 0.375. The molecule has 108 valence electrons. The summed E-state index contributed by atoms with van der Waals surface area (Å²) in [5, 5.41) is 1.47. The molecule has 0 atom stereocenters. The van der Waals surface area contributed by atoms with Crippen LogP contribution in [0.5, 0.6) is 0 Å². The van der Waals surface area contributed by atoms with E-state index in [1.165, 1.54) is 0 Å². The summed E-state index contributed by atoms with van der Waals surface area (Å²) in [4.78, 5) is 0.0981. The summed E-state index contributed by atoms with van der Waals surface area (Å²) < 4.78 is 33.4. The van der Waals surface area contributed by atoms with E-state index in [4.69, 9.17) is 0 Å². The Morgan fingerprint density at radius 1 is 1.05 bits per heavy atom. The van der Waals surface area contributed by atoms with Gasteiger partial charge in [0.2, 0.25) is 0 Å².